The van der Waals surface area contributed by atoms with E-state index in [-0.39, 0.29) is 0 Å². The lowest BCUT2D eigenvalue weighted by Gasteiger charge is -2.22. The minimum atomic E-state index is -2.72. The number of nitrogens with one attached hydrogen (secondary N) is 1. The zero-order valence-corrected chi connectivity index (χ0v) is 12.9. The molecule has 2 atom stereocenters. The third kappa shape index (κ3) is 6.19. The molecule has 0 bridgehead atoms. The standard InChI is InChI=1S/C14H29NO2S/c1-4-8-15-14(6-5-12(2)3)10-13-7-9-18(16,17)11-13/h12-15H,4-11H2,1-3H3. The molecular formula is C14H29NO2S. The van der Waals surface area contributed by atoms with Crippen LogP contribution >= 0.6 is 0 Å². The van der Waals surface area contributed by atoms with Crippen molar-refractivity contribution in [3.8, 4) is 0 Å². The summed E-state index contributed by atoms with van der Waals surface area (Å²) in [6.45, 7) is 7.71. The fourth-order valence-electron chi connectivity index (χ4n) is 2.65. The number of hydrogen-bond donors (Lipinski definition) is 1. The maximum atomic E-state index is 11.5. The van der Waals surface area contributed by atoms with Gasteiger partial charge in [0.15, 0.2) is 9.84 Å². The van der Waals surface area contributed by atoms with Crippen molar-refractivity contribution in [3.05, 3.63) is 0 Å². The van der Waals surface area contributed by atoms with Crippen LogP contribution in [0.3, 0.4) is 0 Å². The first kappa shape index (κ1) is 16.0. The predicted molar refractivity (Wildman–Crippen MR) is 77.5 cm³/mol. The van der Waals surface area contributed by atoms with Crippen LogP contribution in [0.5, 0.6) is 0 Å². The molecule has 2 unspecified atom stereocenters. The Hall–Kier alpha value is -0.0900. The lowest BCUT2D eigenvalue weighted by Crippen LogP contribution is -2.32. The Morgan fingerprint density at radius 1 is 1.28 bits per heavy atom. The van der Waals surface area contributed by atoms with E-state index < -0.39 is 9.84 Å². The Bertz CT molecular complexity index is 325. The van der Waals surface area contributed by atoms with E-state index in [0.29, 0.717) is 23.5 Å². The van der Waals surface area contributed by atoms with Gasteiger partial charge in [0.2, 0.25) is 0 Å². The summed E-state index contributed by atoms with van der Waals surface area (Å²) in [6.07, 6.45) is 5.44. The maximum absolute atomic E-state index is 11.5. The molecule has 3 nitrogen and oxygen atoms in total. The Balaban J connectivity index is 2.40. The van der Waals surface area contributed by atoms with Crippen molar-refractivity contribution in [2.24, 2.45) is 11.8 Å². The Labute approximate surface area is 113 Å². The second-order valence-electron chi connectivity index (χ2n) is 6.13. The molecule has 0 aromatic heterocycles. The summed E-state index contributed by atoms with van der Waals surface area (Å²) in [6, 6.07) is 0.505. The largest absolute Gasteiger partial charge is 0.314 e. The molecular weight excluding hydrogens is 246 g/mol. The van der Waals surface area contributed by atoms with Gasteiger partial charge in [-0.1, -0.05) is 20.8 Å². The molecule has 18 heavy (non-hydrogen) atoms. The first-order valence-corrected chi connectivity index (χ1v) is 9.19. The van der Waals surface area contributed by atoms with E-state index in [1.807, 2.05) is 0 Å². The van der Waals surface area contributed by atoms with E-state index in [4.69, 9.17) is 0 Å². The van der Waals surface area contributed by atoms with Gasteiger partial charge in [0, 0.05) is 6.04 Å². The van der Waals surface area contributed by atoms with E-state index in [0.717, 1.165) is 31.7 Å². The molecule has 1 saturated heterocycles. The van der Waals surface area contributed by atoms with Gasteiger partial charge < -0.3 is 5.32 Å². The molecule has 1 N–H and O–H groups in total. The topological polar surface area (TPSA) is 46.2 Å². The van der Waals surface area contributed by atoms with Gasteiger partial charge in [0.1, 0.15) is 0 Å². The average Bonchev–Trinajstić information content (AvgIpc) is 2.62. The second-order valence-corrected chi connectivity index (χ2v) is 8.36. The van der Waals surface area contributed by atoms with Crippen LogP contribution in [0.25, 0.3) is 0 Å². The highest BCUT2D eigenvalue weighted by atomic mass is 32.2. The highest BCUT2D eigenvalue weighted by Gasteiger charge is 2.29. The van der Waals surface area contributed by atoms with Gasteiger partial charge in [0.25, 0.3) is 0 Å². The lowest BCUT2D eigenvalue weighted by molar-refractivity contribution is 0.363. The van der Waals surface area contributed by atoms with Crippen molar-refractivity contribution < 1.29 is 8.42 Å². The van der Waals surface area contributed by atoms with E-state index >= 15 is 0 Å². The van der Waals surface area contributed by atoms with E-state index in [2.05, 4.69) is 26.1 Å². The van der Waals surface area contributed by atoms with Gasteiger partial charge in [0.05, 0.1) is 11.5 Å². The molecule has 108 valence electrons. The quantitative estimate of drug-likeness (QED) is 0.740. The van der Waals surface area contributed by atoms with Gasteiger partial charge in [-0.3, -0.25) is 0 Å². The fourth-order valence-corrected chi connectivity index (χ4v) is 4.53. The molecule has 1 aliphatic rings. The van der Waals surface area contributed by atoms with Gasteiger partial charge in [-0.05, 0) is 50.5 Å². The summed E-state index contributed by atoms with van der Waals surface area (Å²) in [5.41, 5.74) is 0. The van der Waals surface area contributed by atoms with Crippen LogP contribution in [-0.4, -0.2) is 32.5 Å². The third-order valence-corrected chi connectivity index (χ3v) is 5.56. The molecule has 1 aliphatic heterocycles. The first-order chi connectivity index (χ1) is 8.43. The number of sulfone groups is 1. The molecule has 0 saturated carbocycles. The van der Waals surface area contributed by atoms with Crippen LogP contribution in [0.2, 0.25) is 0 Å². The molecule has 0 aromatic carbocycles. The SMILES string of the molecule is CCCNC(CCC(C)C)CC1CCS(=O)(=O)C1. The van der Waals surface area contributed by atoms with Crippen LogP contribution in [0, 0.1) is 11.8 Å². The molecule has 0 amide bonds. The lowest BCUT2D eigenvalue weighted by atomic mass is 9.94. The molecule has 4 heteroatoms. The Morgan fingerprint density at radius 2 is 2.00 bits per heavy atom. The molecule has 0 spiro atoms. The number of rotatable bonds is 8. The summed E-state index contributed by atoms with van der Waals surface area (Å²) < 4.78 is 23.0. The molecule has 1 heterocycles. The molecule has 0 aromatic rings. The van der Waals surface area contributed by atoms with Crippen molar-refractivity contribution in [1.82, 2.24) is 5.32 Å². The molecule has 0 aliphatic carbocycles. The smallest absolute Gasteiger partial charge is 0.150 e. The Morgan fingerprint density at radius 3 is 2.50 bits per heavy atom. The normalized spacial score (nSPS) is 24.6. The van der Waals surface area contributed by atoms with E-state index in [1.54, 1.807) is 0 Å². The number of hydrogen-bond acceptors (Lipinski definition) is 3. The molecule has 1 fully saturated rings. The monoisotopic (exact) mass is 275 g/mol. The summed E-state index contributed by atoms with van der Waals surface area (Å²) in [4.78, 5) is 0. The average molecular weight is 275 g/mol. The van der Waals surface area contributed by atoms with Crippen molar-refractivity contribution >= 4 is 9.84 Å². The van der Waals surface area contributed by atoms with Crippen LogP contribution in [0.15, 0.2) is 0 Å². The van der Waals surface area contributed by atoms with Gasteiger partial charge in [-0.15, -0.1) is 0 Å². The summed E-state index contributed by atoms with van der Waals surface area (Å²) in [5.74, 6) is 1.93. The minimum absolute atomic E-state index is 0.386. The van der Waals surface area contributed by atoms with Gasteiger partial charge in [-0.25, -0.2) is 8.42 Å². The second kappa shape index (κ2) is 7.49. The predicted octanol–water partition coefficient (Wildman–Crippen LogP) is 2.62. The Kier molecular flexibility index (Phi) is 6.64. The van der Waals surface area contributed by atoms with E-state index in [1.165, 1.54) is 12.8 Å². The van der Waals surface area contributed by atoms with Gasteiger partial charge >= 0.3 is 0 Å². The van der Waals surface area contributed by atoms with Crippen LogP contribution in [0.1, 0.15) is 52.9 Å². The van der Waals surface area contributed by atoms with Crippen molar-refractivity contribution in [3.63, 3.8) is 0 Å². The fraction of sp³-hybridized carbons (Fsp3) is 1.00. The first-order valence-electron chi connectivity index (χ1n) is 7.36. The maximum Gasteiger partial charge on any atom is 0.150 e. The van der Waals surface area contributed by atoms with E-state index in [9.17, 15) is 8.42 Å². The molecule has 1 rings (SSSR count). The highest BCUT2D eigenvalue weighted by molar-refractivity contribution is 7.91. The minimum Gasteiger partial charge on any atom is -0.314 e. The summed E-state index contributed by atoms with van der Waals surface area (Å²) >= 11 is 0. The third-order valence-electron chi connectivity index (χ3n) is 3.72. The molecule has 0 radical (unpaired) electrons. The summed E-state index contributed by atoms with van der Waals surface area (Å²) in [7, 11) is -2.72. The zero-order valence-electron chi connectivity index (χ0n) is 12.1. The zero-order chi connectivity index (χ0) is 13.6. The van der Waals surface area contributed by atoms with Crippen LogP contribution < -0.4 is 5.32 Å². The van der Waals surface area contributed by atoms with Crippen molar-refractivity contribution in [2.45, 2.75) is 58.9 Å². The highest BCUT2D eigenvalue weighted by Crippen LogP contribution is 2.24. The van der Waals surface area contributed by atoms with Crippen molar-refractivity contribution in [2.75, 3.05) is 18.1 Å². The van der Waals surface area contributed by atoms with Gasteiger partial charge in [-0.2, -0.15) is 0 Å². The van der Waals surface area contributed by atoms with Crippen LogP contribution in [-0.2, 0) is 9.84 Å². The van der Waals surface area contributed by atoms with Crippen LogP contribution in [0.4, 0.5) is 0 Å². The van der Waals surface area contributed by atoms with Crippen molar-refractivity contribution in [1.29, 1.82) is 0 Å². The summed E-state index contributed by atoms with van der Waals surface area (Å²) in [5, 5.41) is 3.58.